The molecule has 1 aliphatic heterocycles. The summed E-state index contributed by atoms with van der Waals surface area (Å²) < 4.78 is 0. The summed E-state index contributed by atoms with van der Waals surface area (Å²) in [6.45, 7) is 3.93. The third-order valence-electron chi connectivity index (χ3n) is 4.99. The van der Waals surface area contributed by atoms with Gasteiger partial charge in [-0.1, -0.05) is 30.3 Å². The van der Waals surface area contributed by atoms with E-state index >= 15 is 0 Å². The molecule has 4 heterocycles. The van der Waals surface area contributed by atoms with E-state index in [9.17, 15) is 0 Å². The molecule has 0 aliphatic carbocycles. The first kappa shape index (κ1) is 17.5. The van der Waals surface area contributed by atoms with Crippen molar-refractivity contribution in [2.24, 2.45) is 0 Å². The third kappa shape index (κ3) is 3.72. The van der Waals surface area contributed by atoms with Gasteiger partial charge in [-0.3, -0.25) is 4.98 Å². The summed E-state index contributed by atoms with van der Waals surface area (Å²) in [7, 11) is 0. The number of benzene rings is 1. The molecule has 2 N–H and O–H groups in total. The maximum Gasteiger partial charge on any atom is 0.227 e. The average Bonchev–Trinajstić information content (AvgIpc) is 2.80. The minimum Gasteiger partial charge on any atom is -0.354 e. The molecule has 144 valence electrons. The Morgan fingerprint density at radius 3 is 2.52 bits per heavy atom. The minimum atomic E-state index is 0.527. The minimum absolute atomic E-state index is 0.527. The van der Waals surface area contributed by atoms with Gasteiger partial charge in [-0.15, -0.1) is 0 Å². The fraction of sp³-hybridized carbons (Fsp3) is 0.182. The molecule has 7 nitrogen and oxygen atoms in total. The van der Waals surface area contributed by atoms with Crippen LogP contribution >= 0.6 is 0 Å². The molecule has 0 unspecified atom stereocenters. The number of pyridine rings is 2. The molecule has 0 spiro atoms. The summed E-state index contributed by atoms with van der Waals surface area (Å²) in [5.41, 5.74) is 3.56. The van der Waals surface area contributed by atoms with Crippen molar-refractivity contribution in [3.63, 3.8) is 0 Å². The van der Waals surface area contributed by atoms with Gasteiger partial charge in [-0.25, -0.2) is 15.0 Å². The van der Waals surface area contributed by atoms with Gasteiger partial charge in [0.25, 0.3) is 0 Å². The zero-order valence-corrected chi connectivity index (χ0v) is 15.9. The largest absolute Gasteiger partial charge is 0.354 e. The number of piperazine rings is 1. The van der Waals surface area contributed by atoms with Gasteiger partial charge in [0.2, 0.25) is 5.95 Å². The van der Waals surface area contributed by atoms with Crippen molar-refractivity contribution in [3.8, 4) is 11.3 Å². The zero-order valence-electron chi connectivity index (χ0n) is 15.9. The maximum absolute atomic E-state index is 4.73. The number of fused-ring (bicyclic) bond motifs is 1. The Hall–Kier alpha value is -3.58. The van der Waals surface area contributed by atoms with E-state index in [1.165, 1.54) is 0 Å². The summed E-state index contributed by atoms with van der Waals surface area (Å²) in [6.07, 6.45) is 5.44. The molecule has 1 fully saturated rings. The highest BCUT2D eigenvalue weighted by molar-refractivity contribution is 5.91. The Bertz CT molecular complexity index is 1110. The smallest absolute Gasteiger partial charge is 0.227 e. The van der Waals surface area contributed by atoms with Crippen LogP contribution < -0.4 is 15.5 Å². The summed E-state index contributed by atoms with van der Waals surface area (Å²) in [6, 6.07) is 16.0. The van der Waals surface area contributed by atoms with Gasteiger partial charge in [-0.2, -0.15) is 0 Å². The van der Waals surface area contributed by atoms with Crippen LogP contribution in [0.2, 0.25) is 0 Å². The number of rotatable bonds is 4. The van der Waals surface area contributed by atoms with E-state index in [4.69, 9.17) is 4.98 Å². The number of aromatic nitrogens is 4. The van der Waals surface area contributed by atoms with Crippen molar-refractivity contribution in [2.75, 3.05) is 36.4 Å². The second kappa shape index (κ2) is 7.81. The van der Waals surface area contributed by atoms with Crippen LogP contribution in [-0.2, 0) is 0 Å². The molecule has 1 aromatic carbocycles. The SMILES string of the molecule is c1ccc(-c2nccc3cnc(Nc4ccc(N5CCNCC5)nc4)nc23)cc1. The van der Waals surface area contributed by atoms with Gasteiger partial charge in [0.15, 0.2) is 0 Å². The lowest BCUT2D eigenvalue weighted by atomic mass is 10.1. The van der Waals surface area contributed by atoms with Gasteiger partial charge in [-0.05, 0) is 18.2 Å². The molecule has 1 aliphatic rings. The van der Waals surface area contributed by atoms with E-state index in [0.717, 1.165) is 59.8 Å². The van der Waals surface area contributed by atoms with Crippen LogP contribution in [0, 0.1) is 0 Å². The Kier molecular flexibility index (Phi) is 4.72. The molecule has 0 amide bonds. The predicted octanol–water partition coefficient (Wildman–Crippen LogP) is 3.24. The zero-order chi connectivity index (χ0) is 19.5. The summed E-state index contributed by atoms with van der Waals surface area (Å²) in [4.78, 5) is 20.6. The number of nitrogens with one attached hydrogen (secondary N) is 2. The lowest BCUT2D eigenvalue weighted by Crippen LogP contribution is -2.43. The Morgan fingerprint density at radius 1 is 0.862 bits per heavy atom. The highest BCUT2D eigenvalue weighted by Gasteiger charge is 2.12. The molecule has 3 aromatic heterocycles. The number of anilines is 3. The van der Waals surface area contributed by atoms with Gasteiger partial charge >= 0.3 is 0 Å². The molecular formula is C22H21N7. The van der Waals surface area contributed by atoms with Crippen LogP contribution in [0.15, 0.2) is 67.1 Å². The summed E-state index contributed by atoms with van der Waals surface area (Å²) >= 11 is 0. The highest BCUT2D eigenvalue weighted by atomic mass is 15.2. The van der Waals surface area contributed by atoms with E-state index in [-0.39, 0.29) is 0 Å². The van der Waals surface area contributed by atoms with E-state index < -0.39 is 0 Å². The molecule has 0 bridgehead atoms. The van der Waals surface area contributed by atoms with Crippen LogP contribution in [0.5, 0.6) is 0 Å². The fourth-order valence-electron chi connectivity index (χ4n) is 3.49. The highest BCUT2D eigenvalue weighted by Crippen LogP contribution is 2.26. The van der Waals surface area contributed by atoms with Crippen molar-refractivity contribution >= 4 is 28.4 Å². The Balaban J connectivity index is 1.42. The molecule has 4 aromatic rings. The Morgan fingerprint density at radius 2 is 1.72 bits per heavy atom. The van der Waals surface area contributed by atoms with Gasteiger partial charge in [0, 0.05) is 49.5 Å². The molecule has 1 saturated heterocycles. The molecule has 7 heteroatoms. The van der Waals surface area contributed by atoms with Crippen molar-refractivity contribution in [1.82, 2.24) is 25.3 Å². The number of nitrogens with zero attached hydrogens (tertiary/aromatic N) is 5. The van der Waals surface area contributed by atoms with Crippen molar-refractivity contribution in [1.29, 1.82) is 0 Å². The van der Waals surface area contributed by atoms with E-state index in [2.05, 4.69) is 30.5 Å². The van der Waals surface area contributed by atoms with Crippen molar-refractivity contribution in [2.45, 2.75) is 0 Å². The molecule has 0 atom stereocenters. The topological polar surface area (TPSA) is 78.9 Å². The normalized spacial score (nSPS) is 14.1. The number of hydrogen-bond acceptors (Lipinski definition) is 7. The molecule has 0 radical (unpaired) electrons. The van der Waals surface area contributed by atoms with Crippen molar-refractivity contribution < 1.29 is 0 Å². The van der Waals surface area contributed by atoms with Crippen molar-refractivity contribution in [3.05, 3.63) is 67.1 Å². The van der Waals surface area contributed by atoms with Crippen LogP contribution in [0.3, 0.4) is 0 Å². The summed E-state index contributed by atoms with van der Waals surface area (Å²) in [5, 5.41) is 7.57. The van der Waals surface area contributed by atoms with Crippen LogP contribution in [0.1, 0.15) is 0 Å². The lowest BCUT2D eigenvalue weighted by Gasteiger charge is -2.28. The first-order valence-electron chi connectivity index (χ1n) is 9.73. The molecule has 5 rings (SSSR count). The maximum atomic E-state index is 4.73. The first-order valence-corrected chi connectivity index (χ1v) is 9.73. The Labute approximate surface area is 168 Å². The van der Waals surface area contributed by atoms with E-state index in [1.807, 2.05) is 60.9 Å². The van der Waals surface area contributed by atoms with Gasteiger partial charge in [0.05, 0.1) is 17.6 Å². The fourth-order valence-corrected chi connectivity index (χ4v) is 3.49. The van der Waals surface area contributed by atoms with E-state index in [0.29, 0.717) is 5.95 Å². The third-order valence-corrected chi connectivity index (χ3v) is 4.99. The second-order valence-electron chi connectivity index (χ2n) is 6.92. The van der Waals surface area contributed by atoms with Gasteiger partial charge < -0.3 is 15.5 Å². The van der Waals surface area contributed by atoms with Crippen LogP contribution in [0.25, 0.3) is 22.2 Å². The molecular weight excluding hydrogens is 362 g/mol. The quantitative estimate of drug-likeness (QED) is 0.560. The molecule has 0 saturated carbocycles. The standard InChI is InChI=1S/C22H21N7/c1-2-4-16(5-3-1)20-21-17(8-9-24-20)14-26-22(28-21)27-18-6-7-19(25-15-18)29-12-10-23-11-13-29/h1-9,14-15,23H,10-13H2,(H,26,27,28). The first-order chi connectivity index (χ1) is 14.4. The van der Waals surface area contributed by atoms with E-state index in [1.54, 1.807) is 6.20 Å². The monoisotopic (exact) mass is 383 g/mol. The number of hydrogen-bond donors (Lipinski definition) is 2. The second-order valence-corrected chi connectivity index (χ2v) is 6.92. The van der Waals surface area contributed by atoms with Crippen LogP contribution in [-0.4, -0.2) is 46.1 Å². The average molecular weight is 383 g/mol. The summed E-state index contributed by atoms with van der Waals surface area (Å²) in [5.74, 6) is 1.52. The predicted molar refractivity (Wildman–Crippen MR) is 115 cm³/mol. The van der Waals surface area contributed by atoms with Crippen LogP contribution in [0.4, 0.5) is 17.5 Å². The molecule has 29 heavy (non-hydrogen) atoms. The lowest BCUT2D eigenvalue weighted by molar-refractivity contribution is 0.585. The van der Waals surface area contributed by atoms with Gasteiger partial charge in [0.1, 0.15) is 11.3 Å².